The minimum Gasteiger partial charge on any atom is -0.378 e. The van der Waals surface area contributed by atoms with Crippen molar-refractivity contribution < 1.29 is 9.53 Å². The van der Waals surface area contributed by atoms with Crippen LogP contribution >= 0.6 is 0 Å². The number of anilines is 3. The van der Waals surface area contributed by atoms with Crippen LogP contribution in [-0.2, 0) is 4.74 Å². The summed E-state index contributed by atoms with van der Waals surface area (Å²) in [6.45, 7) is 4.57. The van der Waals surface area contributed by atoms with Gasteiger partial charge in [0, 0.05) is 36.7 Å². The molecular formula is C23H23N9O2. The lowest BCUT2D eigenvalue weighted by Crippen LogP contribution is -2.37. The van der Waals surface area contributed by atoms with Gasteiger partial charge in [-0.15, -0.1) is 0 Å². The van der Waals surface area contributed by atoms with E-state index in [4.69, 9.17) is 9.72 Å². The van der Waals surface area contributed by atoms with E-state index in [1.54, 1.807) is 41.3 Å². The highest BCUT2D eigenvalue weighted by atomic mass is 16.5. The number of ether oxygens (including phenoxy) is 1. The summed E-state index contributed by atoms with van der Waals surface area (Å²) >= 11 is 0. The van der Waals surface area contributed by atoms with Gasteiger partial charge in [0.25, 0.3) is 5.95 Å². The van der Waals surface area contributed by atoms with Crippen molar-refractivity contribution in [1.29, 1.82) is 0 Å². The average Bonchev–Trinajstić information content (AvgIpc) is 3.32. The van der Waals surface area contributed by atoms with Gasteiger partial charge in [0.1, 0.15) is 0 Å². The lowest BCUT2D eigenvalue weighted by atomic mass is 10.2. The standard InChI is InChI=1S/C23H23N9O2/c1-16-8-10-32(30-16)22-28-20(27-21(29-22)31-11-13-34-14-12-31)17-4-6-18(7-5-17)25-23(33)26-19-3-2-9-24-15-19/h2-10,15H,11-14H2,1H3,(H2,25,26,33). The average molecular weight is 457 g/mol. The molecule has 1 saturated heterocycles. The number of rotatable bonds is 5. The number of carbonyl (C=O) groups is 1. The fourth-order valence-electron chi connectivity index (χ4n) is 3.45. The number of aromatic nitrogens is 6. The third kappa shape index (κ3) is 4.99. The van der Waals surface area contributed by atoms with E-state index < -0.39 is 0 Å². The normalized spacial score (nSPS) is 13.5. The molecule has 0 spiro atoms. The second kappa shape index (κ2) is 9.63. The van der Waals surface area contributed by atoms with E-state index in [0.717, 1.165) is 11.3 Å². The zero-order valence-electron chi connectivity index (χ0n) is 18.5. The van der Waals surface area contributed by atoms with Gasteiger partial charge >= 0.3 is 6.03 Å². The molecule has 1 aromatic carbocycles. The molecule has 172 valence electrons. The molecule has 11 heteroatoms. The number of morpholine rings is 1. The maximum atomic E-state index is 12.3. The molecule has 4 aromatic rings. The van der Waals surface area contributed by atoms with Crippen molar-refractivity contribution in [2.24, 2.45) is 0 Å². The highest BCUT2D eigenvalue weighted by Crippen LogP contribution is 2.22. The Bertz CT molecular complexity index is 1270. The number of aryl methyl sites for hydroxylation is 1. The van der Waals surface area contributed by atoms with Crippen molar-refractivity contribution >= 4 is 23.4 Å². The summed E-state index contributed by atoms with van der Waals surface area (Å²) in [5.74, 6) is 1.54. The molecule has 0 radical (unpaired) electrons. The predicted octanol–water partition coefficient (Wildman–Crippen LogP) is 2.91. The second-order valence-corrected chi connectivity index (χ2v) is 7.66. The lowest BCUT2D eigenvalue weighted by Gasteiger charge is -2.27. The van der Waals surface area contributed by atoms with Gasteiger partial charge in [-0.05, 0) is 49.4 Å². The van der Waals surface area contributed by atoms with Crippen molar-refractivity contribution in [3.8, 4) is 17.3 Å². The molecule has 0 bridgehead atoms. The lowest BCUT2D eigenvalue weighted by molar-refractivity contribution is 0.122. The molecule has 5 rings (SSSR count). The summed E-state index contributed by atoms with van der Waals surface area (Å²) in [6, 6.07) is 12.4. The quantitative estimate of drug-likeness (QED) is 0.469. The van der Waals surface area contributed by atoms with E-state index in [1.807, 2.05) is 31.3 Å². The number of nitrogens with zero attached hydrogens (tertiary/aromatic N) is 7. The van der Waals surface area contributed by atoms with E-state index in [-0.39, 0.29) is 6.03 Å². The molecule has 11 nitrogen and oxygen atoms in total. The Kier molecular flexibility index (Phi) is 6.08. The van der Waals surface area contributed by atoms with Gasteiger partial charge in [-0.2, -0.15) is 20.1 Å². The van der Waals surface area contributed by atoms with Gasteiger partial charge < -0.3 is 20.3 Å². The summed E-state index contributed by atoms with van der Waals surface area (Å²) in [4.78, 5) is 32.3. The minimum atomic E-state index is -0.355. The fourth-order valence-corrected chi connectivity index (χ4v) is 3.45. The third-order valence-electron chi connectivity index (χ3n) is 5.15. The number of hydrogen-bond donors (Lipinski definition) is 2. The van der Waals surface area contributed by atoms with Crippen LogP contribution in [0, 0.1) is 6.92 Å². The summed E-state index contributed by atoms with van der Waals surface area (Å²) in [5, 5.41) is 9.99. The molecule has 2 N–H and O–H groups in total. The first kappa shape index (κ1) is 21.5. The highest BCUT2D eigenvalue weighted by Gasteiger charge is 2.18. The van der Waals surface area contributed by atoms with Gasteiger partial charge in [-0.3, -0.25) is 4.98 Å². The number of pyridine rings is 1. The summed E-state index contributed by atoms with van der Waals surface area (Å²) in [5.41, 5.74) is 2.91. The molecule has 0 saturated carbocycles. The molecule has 0 unspecified atom stereocenters. The fraction of sp³-hybridized carbons (Fsp3) is 0.217. The smallest absolute Gasteiger partial charge is 0.323 e. The Morgan fingerprint density at radius 3 is 2.41 bits per heavy atom. The Labute approximate surface area is 195 Å². The second-order valence-electron chi connectivity index (χ2n) is 7.66. The highest BCUT2D eigenvalue weighted by molar-refractivity contribution is 5.99. The molecule has 0 aliphatic carbocycles. The summed E-state index contributed by atoms with van der Waals surface area (Å²) in [7, 11) is 0. The number of hydrogen-bond acceptors (Lipinski definition) is 8. The van der Waals surface area contributed by atoms with Crippen LogP contribution in [0.1, 0.15) is 5.69 Å². The Morgan fingerprint density at radius 1 is 0.941 bits per heavy atom. The molecule has 1 aliphatic heterocycles. The Morgan fingerprint density at radius 2 is 1.71 bits per heavy atom. The topological polar surface area (TPSA) is 123 Å². The van der Waals surface area contributed by atoms with E-state index >= 15 is 0 Å². The molecule has 1 fully saturated rings. The zero-order valence-corrected chi connectivity index (χ0v) is 18.5. The minimum absolute atomic E-state index is 0.355. The zero-order chi connectivity index (χ0) is 23.3. The van der Waals surface area contributed by atoms with Crippen LogP contribution in [0.4, 0.5) is 22.1 Å². The Hall–Kier alpha value is -4.38. The van der Waals surface area contributed by atoms with Crippen molar-refractivity contribution in [1.82, 2.24) is 29.7 Å². The van der Waals surface area contributed by atoms with Crippen LogP contribution < -0.4 is 15.5 Å². The first-order valence-corrected chi connectivity index (χ1v) is 10.8. The molecule has 1 aliphatic rings. The summed E-state index contributed by atoms with van der Waals surface area (Å²) < 4.78 is 7.11. The van der Waals surface area contributed by atoms with Gasteiger partial charge in [0.05, 0.1) is 30.8 Å². The van der Waals surface area contributed by atoms with Crippen LogP contribution in [0.15, 0.2) is 61.1 Å². The maximum absolute atomic E-state index is 12.3. The van der Waals surface area contributed by atoms with Crippen LogP contribution in [0.25, 0.3) is 17.3 Å². The van der Waals surface area contributed by atoms with Crippen LogP contribution in [0.5, 0.6) is 0 Å². The Balaban J connectivity index is 1.39. The van der Waals surface area contributed by atoms with E-state index in [0.29, 0.717) is 55.4 Å². The maximum Gasteiger partial charge on any atom is 0.323 e. The van der Waals surface area contributed by atoms with Crippen molar-refractivity contribution in [3.63, 3.8) is 0 Å². The van der Waals surface area contributed by atoms with Gasteiger partial charge in [0.2, 0.25) is 5.95 Å². The molecule has 2 amide bonds. The molecule has 34 heavy (non-hydrogen) atoms. The largest absolute Gasteiger partial charge is 0.378 e. The first-order valence-electron chi connectivity index (χ1n) is 10.8. The number of carbonyl (C=O) groups excluding carboxylic acids is 1. The predicted molar refractivity (Wildman–Crippen MR) is 127 cm³/mol. The monoisotopic (exact) mass is 457 g/mol. The van der Waals surface area contributed by atoms with Crippen molar-refractivity contribution in [2.75, 3.05) is 41.8 Å². The molecule has 3 aromatic heterocycles. The van der Waals surface area contributed by atoms with E-state index in [2.05, 4.69) is 35.6 Å². The van der Waals surface area contributed by atoms with E-state index in [1.165, 1.54) is 0 Å². The van der Waals surface area contributed by atoms with Crippen molar-refractivity contribution in [3.05, 3.63) is 66.7 Å². The van der Waals surface area contributed by atoms with Crippen LogP contribution in [-0.4, -0.2) is 62.1 Å². The van der Waals surface area contributed by atoms with Gasteiger partial charge in [-0.1, -0.05) is 0 Å². The SMILES string of the molecule is Cc1ccn(-c2nc(-c3ccc(NC(=O)Nc4cccnc4)cc3)nc(N3CCOCC3)n2)n1. The first-order chi connectivity index (χ1) is 16.6. The van der Waals surface area contributed by atoms with E-state index in [9.17, 15) is 4.79 Å². The third-order valence-corrected chi connectivity index (χ3v) is 5.15. The molecule has 4 heterocycles. The van der Waals surface area contributed by atoms with Crippen LogP contribution in [0.3, 0.4) is 0 Å². The van der Waals surface area contributed by atoms with Crippen molar-refractivity contribution in [2.45, 2.75) is 6.92 Å². The number of benzene rings is 1. The number of urea groups is 1. The molecular weight excluding hydrogens is 434 g/mol. The van der Waals surface area contributed by atoms with Gasteiger partial charge in [0.15, 0.2) is 5.82 Å². The molecule has 0 atom stereocenters. The van der Waals surface area contributed by atoms with Crippen LogP contribution in [0.2, 0.25) is 0 Å². The summed E-state index contributed by atoms with van der Waals surface area (Å²) in [6.07, 6.45) is 5.05. The number of amides is 2. The van der Waals surface area contributed by atoms with Gasteiger partial charge in [-0.25, -0.2) is 9.48 Å². The number of nitrogens with one attached hydrogen (secondary N) is 2.